The summed E-state index contributed by atoms with van der Waals surface area (Å²) in [6.07, 6.45) is -0.154. The van der Waals surface area contributed by atoms with Crippen LogP contribution >= 0.6 is 11.8 Å². The molecule has 4 rings (SSSR count). The van der Waals surface area contributed by atoms with Gasteiger partial charge in [0.15, 0.2) is 9.84 Å². The van der Waals surface area contributed by atoms with Crippen molar-refractivity contribution in [2.45, 2.75) is 28.4 Å². The molecule has 1 aliphatic heterocycles. The molecule has 8 nitrogen and oxygen atoms in total. The van der Waals surface area contributed by atoms with E-state index in [0.717, 1.165) is 15.1 Å². The van der Waals surface area contributed by atoms with Crippen molar-refractivity contribution < 1.29 is 13.2 Å². The normalized spacial score (nSPS) is 16.2. The third kappa shape index (κ3) is 3.88. The minimum absolute atomic E-state index is 0.00872. The summed E-state index contributed by atoms with van der Waals surface area (Å²) < 4.78 is 28.3. The first-order chi connectivity index (χ1) is 15.1. The fraction of sp³-hybridized carbons (Fsp3) is 0.318. The van der Waals surface area contributed by atoms with Gasteiger partial charge in [0.05, 0.1) is 27.4 Å². The molecule has 0 aliphatic carbocycles. The first-order valence-corrected chi connectivity index (χ1v) is 12.6. The van der Waals surface area contributed by atoms with Gasteiger partial charge in [-0.15, -0.1) is 11.8 Å². The maximum atomic E-state index is 13.0. The van der Waals surface area contributed by atoms with Crippen molar-refractivity contribution in [2.24, 2.45) is 14.1 Å². The number of aromatic nitrogens is 2. The second-order valence-electron chi connectivity index (χ2n) is 7.85. The van der Waals surface area contributed by atoms with E-state index >= 15 is 0 Å². The van der Waals surface area contributed by atoms with Gasteiger partial charge in [-0.1, -0.05) is 19.1 Å². The topological polar surface area (TPSA) is 98.5 Å². The Balaban J connectivity index is 1.60. The van der Waals surface area contributed by atoms with Gasteiger partial charge in [0.2, 0.25) is 5.91 Å². The Bertz CT molecular complexity index is 1460. The predicted molar refractivity (Wildman–Crippen MR) is 125 cm³/mol. The lowest BCUT2D eigenvalue weighted by atomic mass is 10.2. The van der Waals surface area contributed by atoms with Crippen LogP contribution in [0.5, 0.6) is 0 Å². The zero-order valence-electron chi connectivity index (χ0n) is 17.9. The summed E-state index contributed by atoms with van der Waals surface area (Å²) in [5.74, 6) is -0.596. The Hall–Kier alpha value is -2.85. The molecular weight excluding hydrogens is 450 g/mol. The number of carbonyl (C=O) groups excluding carboxylic acids is 1. The van der Waals surface area contributed by atoms with Gasteiger partial charge < -0.3 is 14.0 Å². The van der Waals surface area contributed by atoms with Crippen LogP contribution in [-0.4, -0.2) is 41.0 Å². The lowest BCUT2D eigenvalue weighted by molar-refractivity contribution is -0.118. The molecule has 0 saturated heterocycles. The molecule has 0 spiro atoms. The largest absolute Gasteiger partial charge is 0.316 e. The molecule has 3 aromatic rings. The second-order valence-corrected chi connectivity index (χ2v) is 11.4. The molecule has 2 heterocycles. The van der Waals surface area contributed by atoms with E-state index in [1.165, 1.54) is 36.9 Å². The standard InChI is InChI=1S/C22H23N3O5S2/c1-14-13-25(17-6-4-5-7-19(17)31-14)20(26)10-11-32(29,30)15-8-9-16-18(12-15)24(3)22(28)21(27)23(16)2/h4-9,12,14H,10-11,13H2,1-3H3/t14-/m0/s1. The number of fused-ring (bicyclic) bond motifs is 2. The van der Waals surface area contributed by atoms with Crippen LogP contribution in [0.1, 0.15) is 13.3 Å². The maximum absolute atomic E-state index is 13.0. The molecule has 10 heteroatoms. The molecule has 0 radical (unpaired) electrons. The van der Waals surface area contributed by atoms with Crippen LogP contribution in [0, 0.1) is 0 Å². The summed E-state index contributed by atoms with van der Waals surface area (Å²) in [6, 6.07) is 11.9. The monoisotopic (exact) mass is 473 g/mol. The van der Waals surface area contributed by atoms with Crippen molar-refractivity contribution in [2.75, 3.05) is 17.2 Å². The van der Waals surface area contributed by atoms with Crippen LogP contribution in [0.15, 0.2) is 61.8 Å². The second kappa shape index (κ2) is 8.25. The van der Waals surface area contributed by atoms with E-state index in [4.69, 9.17) is 0 Å². The number of hydrogen-bond donors (Lipinski definition) is 0. The minimum Gasteiger partial charge on any atom is -0.310 e. The number of para-hydroxylation sites is 1. The molecule has 1 atom stereocenters. The molecule has 0 N–H and O–H groups in total. The fourth-order valence-corrected chi connectivity index (χ4v) is 6.21. The Morgan fingerprint density at radius 1 is 1.03 bits per heavy atom. The summed E-state index contributed by atoms with van der Waals surface area (Å²) in [6.45, 7) is 2.55. The van der Waals surface area contributed by atoms with E-state index in [2.05, 4.69) is 0 Å². The number of aryl methyl sites for hydroxylation is 2. The first kappa shape index (κ1) is 22.3. The van der Waals surface area contributed by atoms with Crippen molar-refractivity contribution in [1.29, 1.82) is 0 Å². The average Bonchev–Trinajstić information content (AvgIpc) is 2.78. The quantitative estimate of drug-likeness (QED) is 0.537. The zero-order chi connectivity index (χ0) is 23.2. The number of thioether (sulfide) groups is 1. The first-order valence-electron chi connectivity index (χ1n) is 10.1. The number of amides is 1. The number of carbonyl (C=O) groups is 1. The Labute approximate surface area is 189 Å². The maximum Gasteiger partial charge on any atom is 0.316 e. The van der Waals surface area contributed by atoms with Gasteiger partial charge >= 0.3 is 11.1 Å². The third-order valence-electron chi connectivity index (χ3n) is 5.63. The van der Waals surface area contributed by atoms with E-state index in [9.17, 15) is 22.8 Å². The van der Waals surface area contributed by atoms with Crippen molar-refractivity contribution >= 4 is 44.2 Å². The molecule has 1 aromatic heterocycles. The molecule has 0 fully saturated rings. The van der Waals surface area contributed by atoms with Gasteiger partial charge in [-0.3, -0.25) is 14.4 Å². The van der Waals surface area contributed by atoms with E-state index in [-0.39, 0.29) is 28.2 Å². The third-order valence-corrected chi connectivity index (χ3v) is 8.49. The van der Waals surface area contributed by atoms with Gasteiger partial charge in [0.1, 0.15) is 0 Å². The number of anilines is 1. The minimum atomic E-state index is -3.78. The zero-order valence-corrected chi connectivity index (χ0v) is 19.6. The van der Waals surface area contributed by atoms with E-state index < -0.39 is 21.0 Å². The van der Waals surface area contributed by atoms with Crippen molar-refractivity contribution in [3.05, 3.63) is 63.2 Å². The molecule has 1 amide bonds. The summed E-state index contributed by atoms with van der Waals surface area (Å²) in [4.78, 5) is 39.7. The van der Waals surface area contributed by atoms with Crippen LogP contribution in [0.25, 0.3) is 11.0 Å². The number of benzene rings is 2. The van der Waals surface area contributed by atoms with Crippen molar-refractivity contribution in [1.82, 2.24) is 9.13 Å². The highest BCUT2D eigenvalue weighted by Crippen LogP contribution is 2.38. The molecule has 168 valence electrons. The highest BCUT2D eigenvalue weighted by atomic mass is 32.2. The Morgan fingerprint density at radius 3 is 2.41 bits per heavy atom. The smallest absolute Gasteiger partial charge is 0.310 e. The van der Waals surface area contributed by atoms with Gasteiger partial charge in [0, 0.05) is 37.2 Å². The Kier molecular flexibility index (Phi) is 5.76. The lowest BCUT2D eigenvalue weighted by Gasteiger charge is -2.32. The van der Waals surface area contributed by atoms with Crippen LogP contribution < -0.4 is 16.0 Å². The molecule has 0 unspecified atom stereocenters. The molecular formula is C22H23N3O5S2. The Morgan fingerprint density at radius 2 is 1.69 bits per heavy atom. The van der Waals surface area contributed by atoms with Gasteiger partial charge in [-0.05, 0) is 30.3 Å². The molecule has 32 heavy (non-hydrogen) atoms. The highest BCUT2D eigenvalue weighted by Gasteiger charge is 2.28. The summed E-state index contributed by atoms with van der Waals surface area (Å²) in [5.41, 5.74) is 0.166. The summed E-state index contributed by atoms with van der Waals surface area (Å²) in [7, 11) is -0.888. The molecule has 0 bridgehead atoms. The van der Waals surface area contributed by atoms with Crippen molar-refractivity contribution in [3.8, 4) is 0 Å². The van der Waals surface area contributed by atoms with Crippen LogP contribution in [0.2, 0.25) is 0 Å². The van der Waals surface area contributed by atoms with E-state index in [1.807, 2.05) is 31.2 Å². The average molecular weight is 474 g/mol. The van der Waals surface area contributed by atoms with Crippen LogP contribution in [0.3, 0.4) is 0 Å². The van der Waals surface area contributed by atoms with Gasteiger partial charge in [-0.25, -0.2) is 8.42 Å². The van der Waals surface area contributed by atoms with Crippen LogP contribution in [-0.2, 0) is 28.7 Å². The fourth-order valence-electron chi connectivity index (χ4n) is 3.85. The number of sulfone groups is 1. The van der Waals surface area contributed by atoms with Gasteiger partial charge in [0.25, 0.3) is 0 Å². The van der Waals surface area contributed by atoms with Gasteiger partial charge in [-0.2, -0.15) is 0 Å². The number of rotatable bonds is 4. The summed E-state index contributed by atoms with van der Waals surface area (Å²) in [5, 5.41) is 0.207. The van der Waals surface area contributed by atoms with E-state index in [1.54, 1.807) is 16.7 Å². The number of nitrogens with zero attached hydrogens (tertiary/aromatic N) is 3. The van der Waals surface area contributed by atoms with Crippen molar-refractivity contribution in [3.63, 3.8) is 0 Å². The SMILES string of the molecule is C[C@H]1CN(C(=O)CCS(=O)(=O)c2ccc3c(c2)n(C)c(=O)c(=O)n3C)c2ccccc2S1. The molecule has 1 aliphatic rings. The summed E-state index contributed by atoms with van der Waals surface area (Å²) >= 11 is 1.69. The number of hydrogen-bond acceptors (Lipinski definition) is 6. The molecule has 0 saturated carbocycles. The highest BCUT2D eigenvalue weighted by molar-refractivity contribution is 8.00. The lowest BCUT2D eigenvalue weighted by Crippen LogP contribution is -2.39. The van der Waals surface area contributed by atoms with E-state index in [0.29, 0.717) is 17.6 Å². The molecule has 2 aromatic carbocycles. The predicted octanol–water partition coefficient (Wildman–Crippen LogP) is 1.93. The van der Waals surface area contributed by atoms with Crippen LogP contribution in [0.4, 0.5) is 5.69 Å².